The Labute approximate surface area is 99.1 Å². The Morgan fingerprint density at radius 3 is 2.50 bits per heavy atom. The number of nitrogens with one attached hydrogen (secondary N) is 1. The molecule has 0 amide bonds. The monoisotopic (exact) mass is 252 g/mol. The first-order valence-electron chi connectivity index (χ1n) is 5.60. The molecular formula is C10H24N2O3S. The third-order valence-electron chi connectivity index (χ3n) is 2.14. The summed E-state index contributed by atoms with van der Waals surface area (Å²) in [5, 5.41) is 3.10. The van der Waals surface area contributed by atoms with Crippen molar-refractivity contribution in [2.24, 2.45) is 0 Å². The minimum Gasteiger partial charge on any atom is -0.380 e. The average molecular weight is 252 g/mol. The van der Waals surface area contributed by atoms with Crippen LogP contribution >= 0.6 is 0 Å². The van der Waals surface area contributed by atoms with Crippen LogP contribution in [0, 0.1) is 0 Å². The topological polar surface area (TPSA) is 58.6 Å². The predicted octanol–water partition coefficient (Wildman–Crippen LogP) is -0.411. The largest absolute Gasteiger partial charge is 0.380 e. The SMILES string of the molecule is CCOCCN(C)CCNCCS(C)(=O)=O. The van der Waals surface area contributed by atoms with Gasteiger partial charge in [0.05, 0.1) is 12.4 Å². The number of ether oxygens (including phenoxy) is 1. The van der Waals surface area contributed by atoms with Gasteiger partial charge < -0.3 is 15.0 Å². The molecule has 0 aliphatic carbocycles. The Bertz CT molecular complexity index is 255. The van der Waals surface area contributed by atoms with Crippen molar-refractivity contribution in [2.45, 2.75) is 6.92 Å². The van der Waals surface area contributed by atoms with Crippen molar-refractivity contribution < 1.29 is 13.2 Å². The molecule has 0 heterocycles. The number of hydrogen-bond acceptors (Lipinski definition) is 5. The van der Waals surface area contributed by atoms with E-state index in [2.05, 4.69) is 10.2 Å². The van der Waals surface area contributed by atoms with Crippen molar-refractivity contribution in [1.82, 2.24) is 10.2 Å². The van der Waals surface area contributed by atoms with Crippen LogP contribution in [0.4, 0.5) is 0 Å². The summed E-state index contributed by atoms with van der Waals surface area (Å²) >= 11 is 0. The maximum absolute atomic E-state index is 10.8. The molecule has 5 nitrogen and oxygen atoms in total. The van der Waals surface area contributed by atoms with Gasteiger partial charge in [-0.25, -0.2) is 8.42 Å². The van der Waals surface area contributed by atoms with Crippen LogP contribution in [0.1, 0.15) is 6.92 Å². The van der Waals surface area contributed by atoms with Crippen LogP contribution in [0.2, 0.25) is 0 Å². The number of nitrogens with zero attached hydrogens (tertiary/aromatic N) is 1. The van der Waals surface area contributed by atoms with E-state index in [1.165, 1.54) is 6.26 Å². The first kappa shape index (κ1) is 15.8. The molecule has 0 spiro atoms. The molecule has 0 saturated heterocycles. The van der Waals surface area contributed by atoms with Crippen LogP contribution in [0.3, 0.4) is 0 Å². The molecule has 0 atom stereocenters. The van der Waals surface area contributed by atoms with E-state index in [9.17, 15) is 8.42 Å². The molecule has 0 aromatic rings. The van der Waals surface area contributed by atoms with E-state index >= 15 is 0 Å². The van der Waals surface area contributed by atoms with Gasteiger partial charge in [0, 0.05) is 39.0 Å². The summed E-state index contributed by atoms with van der Waals surface area (Å²) in [5.74, 6) is 0.204. The highest BCUT2D eigenvalue weighted by molar-refractivity contribution is 7.90. The van der Waals surface area contributed by atoms with E-state index in [0.29, 0.717) is 6.54 Å². The second-order valence-electron chi connectivity index (χ2n) is 3.88. The summed E-state index contributed by atoms with van der Waals surface area (Å²) in [5.41, 5.74) is 0. The summed E-state index contributed by atoms with van der Waals surface area (Å²) in [4.78, 5) is 2.16. The van der Waals surface area contributed by atoms with E-state index in [1.807, 2.05) is 14.0 Å². The fourth-order valence-corrected chi connectivity index (χ4v) is 1.64. The lowest BCUT2D eigenvalue weighted by Crippen LogP contribution is -2.33. The lowest BCUT2D eigenvalue weighted by atomic mass is 10.5. The highest BCUT2D eigenvalue weighted by Crippen LogP contribution is 1.83. The zero-order chi connectivity index (χ0) is 12.4. The van der Waals surface area contributed by atoms with Gasteiger partial charge in [0.1, 0.15) is 9.84 Å². The number of hydrogen-bond donors (Lipinski definition) is 1. The van der Waals surface area contributed by atoms with E-state index in [1.54, 1.807) is 0 Å². The molecule has 0 aromatic carbocycles. The van der Waals surface area contributed by atoms with Gasteiger partial charge in [0.15, 0.2) is 0 Å². The molecule has 0 aliphatic rings. The summed E-state index contributed by atoms with van der Waals surface area (Å²) in [6, 6.07) is 0. The minimum absolute atomic E-state index is 0.204. The first-order valence-corrected chi connectivity index (χ1v) is 7.66. The van der Waals surface area contributed by atoms with E-state index in [0.717, 1.165) is 32.8 Å². The van der Waals surface area contributed by atoms with Crippen molar-refractivity contribution in [2.75, 3.05) is 58.4 Å². The number of likely N-dealkylation sites (N-methyl/N-ethyl adjacent to an activating group) is 1. The van der Waals surface area contributed by atoms with Gasteiger partial charge in [-0.3, -0.25) is 0 Å². The lowest BCUT2D eigenvalue weighted by molar-refractivity contribution is 0.122. The smallest absolute Gasteiger partial charge is 0.148 e. The molecule has 0 fully saturated rings. The molecular weight excluding hydrogens is 228 g/mol. The standard InChI is InChI=1S/C10H24N2O3S/c1-4-15-9-8-12(2)7-5-11-6-10-16(3,13)14/h11H,4-10H2,1-3H3. The maximum Gasteiger partial charge on any atom is 0.148 e. The van der Waals surface area contributed by atoms with Crippen LogP contribution in [0.25, 0.3) is 0 Å². The third kappa shape index (κ3) is 11.9. The Kier molecular flexibility index (Phi) is 8.83. The Balaban J connectivity index is 3.31. The Hall–Kier alpha value is -0.170. The molecule has 0 aromatic heterocycles. The van der Waals surface area contributed by atoms with Crippen LogP contribution in [-0.2, 0) is 14.6 Å². The second-order valence-corrected chi connectivity index (χ2v) is 6.14. The van der Waals surface area contributed by atoms with E-state index in [4.69, 9.17) is 4.74 Å². The van der Waals surface area contributed by atoms with Crippen molar-refractivity contribution in [3.8, 4) is 0 Å². The quantitative estimate of drug-likeness (QED) is 0.536. The van der Waals surface area contributed by atoms with Gasteiger partial charge in [0.25, 0.3) is 0 Å². The number of rotatable bonds is 10. The van der Waals surface area contributed by atoms with Gasteiger partial charge >= 0.3 is 0 Å². The molecule has 98 valence electrons. The van der Waals surface area contributed by atoms with Crippen LogP contribution in [-0.4, -0.2) is 71.8 Å². The first-order chi connectivity index (χ1) is 7.45. The van der Waals surface area contributed by atoms with E-state index < -0.39 is 9.84 Å². The molecule has 1 N–H and O–H groups in total. The molecule has 0 bridgehead atoms. The molecule has 0 radical (unpaired) electrons. The normalized spacial score (nSPS) is 12.2. The van der Waals surface area contributed by atoms with Crippen LogP contribution < -0.4 is 5.32 Å². The van der Waals surface area contributed by atoms with E-state index in [-0.39, 0.29) is 5.75 Å². The fourth-order valence-electron chi connectivity index (χ4n) is 1.13. The molecule has 6 heteroatoms. The lowest BCUT2D eigenvalue weighted by Gasteiger charge is -2.16. The Morgan fingerprint density at radius 2 is 1.94 bits per heavy atom. The summed E-state index contributed by atoms with van der Waals surface area (Å²) in [6.45, 7) is 6.61. The van der Waals surface area contributed by atoms with Crippen molar-refractivity contribution in [3.63, 3.8) is 0 Å². The molecule has 0 unspecified atom stereocenters. The third-order valence-corrected chi connectivity index (χ3v) is 3.09. The maximum atomic E-state index is 10.8. The average Bonchev–Trinajstić information content (AvgIpc) is 2.16. The Morgan fingerprint density at radius 1 is 1.25 bits per heavy atom. The van der Waals surface area contributed by atoms with Crippen molar-refractivity contribution in [3.05, 3.63) is 0 Å². The zero-order valence-corrected chi connectivity index (χ0v) is 11.3. The van der Waals surface area contributed by atoms with Gasteiger partial charge in [-0.05, 0) is 14.0 Å². The highest BCUT2D eigenvalue weighted by atomic mass is 32.2. The van der Waals surface area contributed by atoms with Gasteiger partial charge in [-0.15, -0.1) is 0 Å². The second kappa shape index (κ2) is 8.92. The zero-order valence-electron chi connectivity index (χ0n) is 10.5. The fraction of sp³-hybridized carbons (Fsp3) is 1.00. The predicted molar refractivity (Wildman–Crippen MR) is 66.6 cm³/mol. The summed E-state index contributed by atoms with van der Waals surface area (Å²) in [6.07, 6.45) is 1.25. The number of sulfone groups is 1. The summed E-state index contributed by atoms with van der Waals surface area (Å²) in [7, 11) is -0.813. The van der Waals surface area contributed by atoms with Gasteiger partial charge in [-0.1, -0.05) is 0 Å². The molecule has 0 aliphatic heterocycles. The van der Waals surface area contributed by atoms with Gasteiger partial charge in [-0.2, -0.15) is 0 Å². The highest BCUT2D eigenvalue weighted by Gasteiger charge is 2.01. The molecule has 16 heavy (non-hydrogen) atoms. The summed E-state index contributed by atoms with van der Waals surface area (Å²) < 4.78 is 26.9. The minimum atomic E-state index is -2.84. The van der Waals surface area contributed by atoms with Crippen LogP contribution in [0.15, 0.2) is 0 Å². The van der Waals surface area contributed by atoms with Gasteiger partial charge in [0.2, 0.25) is 0 Å². The molecule has 0 saturated carbocycles. The van der Waals surface area contributed by atoms with Crippen molar-refractivity contribution in [1.29, 1.82) is 0 Å². The van der Waals surface area contributed by atoms with Crippen LogP contribution in [0.5, 0.6) is 0 Å². The van der Waals surface area contributed by atoms with Crippen molar-refractivity contribution >= 4 is 9.84 Å². The molecule has 0 rings (SSSR count).